The molecular formula is C12H24N2O. The Morgan fingerprint density at radius 1 is 1.07 bits per heavy atom. The fourth-order valence-corrected chi connectivity index (χ4v) is 2.04. The average molecular weight is 212 g/mol. The minimum Gasteiger partial charge on any atom is -0.353 e. The summed E-state index contributed by atoms with van der Waals surface area (Å²) in [5.74, 6) is 0.649. The van der Waals surface area contributed by atoms with Crippen LogP contribution in [0.5, 0.6) is 0 Å². The Bertz CT molecular complexity index is 202. The lowest BCUT2D eigenvalue weighted by molar-refractivity contribution is -0.122. The van der Waals surface area contributed by atoms with Crippen molar-refractivity contribution in [3.63, 3.8) is 0 Å². The third kappa shape index (κ3) is 3.82. The zero-order valence-electron chi connectivity index (χ0n) is 10.2. The van der Waals surface area contributed by atoms with Gasteiger partial charge in [-0.3, -0.25) is 4.79 Å². The van der Waals surface area contributed by atoms with Crippen molar-refractivity contribution in [2.75, 3.05) is 7.05 Å². The van der Waals surface area contributed by atoms with Gasteiger partial charge in [0.05, 0.1) is 0 Å². The third-order valence-electron chi connectivity index (χ3n) is 3.14. The summed E-state index contributed by atoms with van der Waals surface area (Å²) in [6, 6.07) is 1.05. The van der Waals surface area contributed by atoms with Crippen LogP contribution in [0.4, 0.5) is 0 Å². The standard InChI is InChI=1S/C10H18N2O.C2H6/c1-11-8-4-5-9(6-8)12-10(13)7-2-3-7;1-2/h7-9,11H,2-6H2,1H3,(H,12,13);1-2H3. The number of amides is 1. The zero-order chi connectivity index (χ0) is 11.3. The van der Waals surface area contributed by atoms with Crippen LogP contribution in [-0.2, 0) is 4.79 Å². The van der Waals surface area contributed by atoms with Gasteiger partial charge in [0.2, 0.25) is 5.91 Å². The van der Waals surface area contributed by atoms with E-state index in [1.807, 2.05) is 20.9 Å². The second-order valence-electron chi connectivity index (χ2n) is 4.28. The summed E-state index contributed by atoms with van der Waals surface area (Å²) >= 11 is 0. The Balaban J connectivity index is 0.000000531. The van der Waals surface area contributed by atoms with E-state index in [1.54, 1.807) is 0 Å². The summed E-state index contributed by atoms with van der Waals surface area (Å²) in [6.45, 7) is 4.00. The molecule has 15 heavy (non-hydrogen) atoms. The summed E-state index contributed by atoms with van der Waals surface area (Å²) < 4.78 is 0. The molecule has 0 radical (unpaired) electrons. The van der Waals surface area contributed by atoms with Gasteiger partial charge in [-0.25, -0.2) is 0 Å². The largest absolute Gasteiger partial charge is 0.353 e. The lowest BCUT2D eigenvalue weighted by atomic mass is 10.2. The molecule has 0 heterocycles. The van der Waals surface area contributed by atoms with Gasteiger partial charge in [-0.15, -0.1) is 0 Å². The molecule has 2 unspecified atom stereocenters. The van der Waals surface area contributed by atoms with Crippen LogP contribution >= 0.6 is 0 Å². The third-order valence-corrected chi connectivity index (χ3v) is 3.14. The van der Waals surface area contributed by atoms with E-state index < -0.39 is 0 Å². The number of hydrogen-bond acceptors (Lipinski definition) is 2. The van der Waals surface area contributed by atoms with E-state index in [0.717, 1.165) is 25.7 Å². The smallest absolute Gasteiger partial charge is 0.223 e. The minimum absolute atomic E-state index is 0.293. The van der Waals surface area contributed by atoms with Crippen LogP contribution in [0, 0.1) is 5.92 Å². The first kappa shape index (κ1) is 12.5. The van der Waals surface area contributed by atoms with Crippen molar-refractivity contribution in [1.82, 2.24) is 10.6 Å². The maximum absolute atomic E-state index is 11.4. The predicted molar refractivity (Wildman–Crippen MR) is 62.7 cm³/mol. The molecule has 2 aliphatic rings. The first-order valence-corrected chi connectivity index (χ1v) is 6.27. The van der Waals surface area contributed by atoms with Crippen LogP contribution in [0.2, 0.25) is 0 Å². The van der Waals surface area contributed by atoms with E-state index in [1.165, 1.54) is 6.42 Å². The second-order valence-corrected chi connectivity index (χ2v) is 4.28. The van der Waals surface area contributed by atoms with Gasteiger partial charge >= 0.3 is 0 Å². The SMILES string of the molecule is CC.CNC1CCC(NC(=O)C2CC2)C1. The van der Waals surface area contributed by atoms with Crippen LogP contribution in [0.15, 0.2) is 0 Å². The molecule has 0 saturated heterocycles. The molecule has 1 amide bonds. The van der Waals surface area contributed by atoms with Crippen LogP contribution in [-0.4, -0.2) is 25.0 Å². The van der Waals surface area contributed by atoms with Crippen molar-refractivity contribution in [2.24, 2.45) is 5.92 Å². The van der Waals surface area contributed by atoms with Crippen molar-refractivity contribution >= 4 is 5.91 Å². The van der Waals surface area contributed by atoms with E-state index in [-0.39, 0.29) is 0 Å². The highest BCUT2D eigenvalue weighted by atomic mass is 16.2. The van der Waals surface area contributed by atoms with Crippen molar-refractivity contribution in [3.8, 4) is 0 Å². The fourth-order valence-electron chi connectivity index (χ4n) is 2.04. The van der Waals surface area contributed by atoms with E-state index in [9.17, 15) is 4.79 Å². The van der Waals surface area contributed by atoms with Gasteiger partial charge in [-0.2, -0.15) is 0 Å². The van der Waals surface area contributed by atoms with Crippen LogP contribution in [0.1, 0.15) is 46.0 Å². The second kappa shape index (κ2) is 6.11. The summed E-state index contributed by atoms with van der Waals surface area (Å²) in [5.41, 5.74) is 0. The fraction of sp³-hybridized carbons (Fsp3) is 0.917. The molecule has 2 fully saturated rings. The summed E-state index contributed by atoms with van der Waals surface area (Å²) in [7, 11) is 2.00. The molecule has 3 heteroatoms. The molecule has 2 N–H and O–H groups in total. The van der Waals surface area contributed by atoms with E-state index in [0.29, 0.717) is 23.9 Å². The van der Waals surface area contributed by atoms with E-state index in [4.69, 9.17) is 0 Å². The molecule has 0 spiro atoms. The molecule has 0 bridgehead atoms. The van der Waals surface area contributed by atoms with Crippen molar-refractivity contribution in [1.29, 1.82) is 0 Å². The lowest BCUT2D eigenvalue weighted by Gasteiger charge is -2.12. The molecule has 2 atom stereocenters. The Hall–Kier alpha value is -0.570. The van der Waals surface area contributed by atoms with Gasteiger partial charge in [0.25, 0.3) is 0 Å². The molecule has 2 rings (SSSR count). The van der Waals surface area contributed by atoms with Crippen molar-refractivity contribution in [2.45, 2.75) is 58.0 Å². The highest BCUT2D eigenvalue weighted by molar-refractivity contribution is 5.81. The molecule has 2 saturated carbocycles. The van der Waals surface area contributed by atoms with Gasteiger partial charge in [0.15, 0.2) is 0 Å². The molecule has 0 aliphatic heterocycles. The number of rotatable bonds is 3. The molecule has 2 aliphatic carbocycles. The Labute approximate surface area is 93.0 Å². The van der Waals surface area contributed by atoms with E-state index in [2.05, 4.69) is 10.6 Å². The summed E-state index contributed by atoms with van der Waals surface area (Å²) in [4.78, 5) is 11.4. The molecule has 0 aromatic rings. The summed E-state index contributed by atoms with van der Waals surface area (Å²) in [6.07, 6.45) is 5.66. The number of carbonyl (C=O) groups excluding carboxylic acids is 1. The van der Waals surface area contributed by atoms with Gasteiger partial charge < -0.3 is 10.6 Å². The number of nitrogens with one attached hydrogen (secondary N) is 2. The van der Waals surface area contributed by atoms with Gasteiger partial charge in [-0.1, -0.05) is 13.8 Å². The van der Waals surface area contributed by atoms with Crippen LogP contribution in [0.25, 0.3) is 0 Å². The monoisotopic (exact) mass is 212 g/mol. The lowest BCUT2D eigenvalue weighted by Crippen LogP contribution is -2.35. The topological polar surface area (TPSA) is 41.1 Å². The van der Waals surface area contributed by atoms with Gasteiger partial charge in [0.1, 0.15) is 0 Å². The van der Waals surface area contributed by atoms with Crippen LogP contribution < -0.4 is 10.6 Å². The van der Waals surface area contributed by atoms with Crippen molar-refractivity contribution in [3.05, 3.63) is 0 Å². The molecule has 0 aromatic heterocycles. The predicted octanol–water partition coefficient (Wildman–Crippen LogP) is 1.68. The number of carbonyl (C=O) groups is 1. The Morgan fingerprint density at radius 3 is 2.13 bits per heavy atom. The minimum atomic E-state index is 0.293. The first-order valence-electron chi connectivity index (χ1n) is 6.27. The van der Waals surface area contributed by atoms with Gasteiger partial charge in [-0.05, 0) is 39.2 Å². The summed E-state index contributed by atoms with van der Waals surface area (Å²) in [5, 5.41) is 6.39. The normalized spacial score (nSPS) is 29.3. The average Bonchev–Trinajstić information content (AvgIpc) is 3.03. The molecular weight excluding hydrogens is 188 g/mol. The molecule has 3 nitrogen and oxygen atoms in total. The zero-order valence-corrected chi connectivity index (χ0v) is 10.2. The first-order chi connectivity index (χ1) is 7.29. The van der Waals surface area contributed by atoms with E-state index >= 15 is 0 Å². The Kier molecular flexibility index (Phi) is 5.09. The maximum atomic E-state index is 11.4. The van der Waals surface area contributed by atoms with Crippen molar-refractivity contribution < 1.29 is 4.79 Å². The maximum Gasteiger partial charge on any atom is 0.223 e. The number of hydrogen-bond donors (Lipinski definition) is 2. The molecule has 88 valence electrons. The van der Waals surface area contributed by atoms with Gasteiger partial charge in [0, 0.05) is 18.0 Å². The quantitative estimate of drug-likeness (QED) is 0.747. The molecule has 0 aromatic carbocycles. The highest BCUT2D eigenvalue weighted by Crippen LogP contribution is 2.29. The van der Waals surface area contributed by atoms with Crippen LogP contribution in [0.3, 0.4) is 0 Å². The Morgan fingerprint density at radius 2 is 1.67 bits per heavy atom. The highest BCUT2D eigenvalue weighted by Gasteiger charge is 2.32.